The smallest absolute Gasteiger partial charge is 0.406 e. The van der Waals surface area contributed by atoms with Crippen LogP contribution in [0.2, 0.25) is 0 Å². The van der Waals surface area contributed by atoms with E-state index in [1.165, 1.54) is 0 Å². The van der Waals surface area contributed by atoms with Gasteiger partial charge in [0.05, 0.1) is 0 Å². The topological polar surface area (TPSA) is 37.9 Å². The fraction of sp³-hybridized carbons (Fsp3) is 0.182. The molecule has 2 rings (SSSR count). The molecular weight excluding hydrogens is 450 g/mol. The molecule has 0 bridgehead atoms. The van der Waals surface area contributed by atoms with Crippen molar-refractivity contribution in [3.63, 3.8) is 0 Å². The lowest BCUT2D eigenvalue weighted by Crippen LogP contribution is -2.17. The largest absolute Gasteiger partial charge is 0.573 e. The molecule has 1 N–H and O–H groups in total. The fourth-order valence-electron chi connectivity index (χ4n) is 1.55. The van der Waals surface area contributed by atoms with Crippen LogP contribution in [-0.2, 0) is 6.18 Å². The molecular formula is C11H4Br2F6N2O. The summed E-state index contributed by atoms with van der Waals surface area (Å²) in [4.78, 5) is 5.73. The second-order valence-electron chi connectivity index (χ2n) is 3.94. The van der Waals surface area contributed by atoms with Gasteiger partial charge in [-0.3, -0.25) is 0 Å². The minimum absolute atomic E-state index is 0.0872. The van der Waals surface area contributed by atoms with Crippen molar-refractivity contribution in [3.05, 3.63) is 33.0 Å². The van der Waals surface area contributed by atoms with Gasteiger partial charge in [-0.15, -0.1) is 13.2 Å². The molecule has 22 heavy (non-hydrogen) atoms. The number of ether oxygens (including phenoxy) is 1. The maximum Gasteiger partial charge on any atom is 0.573 e. The number of aromatic nitrogens is 2. The number of halogens is 8. The lowest BCUT2D eigenvalue weighted by Gasteiger charge is -2.10. The van der Waals surface area contributed by atoms with E-state index in [1.54, 1.807) is 0 Å². The zero-order valence-electron chi connectivity index (χ0n) is 10.1. The Morgan fingerprint density at radius 3 is 2.14 bits per heavy atom. The van der Waals surface area contributed by atoms with Gasteiger partial charge in [0.15, 0.2) is 5.69 Å². The summed E-state index contributed by atoms with van der Waals surface area (Å²) in [6.45, 7) is 0. The molecule has 3 nitrogen and oxygen atoms in total. The number of nitrogens with zero attached hydrogens (tertiary/aromatic N) is 1. The molecule has 0 radical (unpaired) electrons. The van der Waals surface area contributed by atoms with Gasteiger partial charge in [0, 0.05) is 10.0 Å². The molecule has 1 heterocycles. The Labute approximate surface area is 135 Å². The summed E-state index contributed by atoms with van der Waals surface area (Å²) < 4.78 is 77.6. The average molecular weight is 454 g/mol. The van der Waals surface area contributed by atoms with E-state index in [-0.39, 0.29) is 15.9 Å². The third-order valence-corrected chi connectivity index (χ3v) is 3.60. The third kappa shape index (κ3) is 3.94. The minimum Gasteiger partial charge on any atom is -0.406 e. The highest BCUT2D eigenvalue weighted by Gasteiger charge is 2.36. The molecule has 0 aliphatic heterocycles. The number of benzene rings is 1. The predicted molar refractivity (Wildman–Crippen MR) is 71.1 cm³/mol. The summed E-state index contributed by atoms with van der Waals surface area (Å²) in [6.07, 6.45) is -9.51. The summed E-state index contributed by atoms with van der Waals surface area (Å²) in [6, 6.07) is 3.10. The third-order valence-electron chi connectivity index (χ3n) is 2.37. The van der Waals surface area contributed by atoms with Crippen molar-refractivity contribution in [2.45, 2.75) is 12.5 Å². The van der Waals surface area contributed by atoms with Gasteiger partial charge in [0.2, 0.25) is 0 Å². The molecule has 120 valence electrons. The molecule has 0 aliphatic carbocycles. The molecule has 1 aromatic heterocycles. The SMILES string of the molecule is FC(F)(F)Oc1ccc(-c2nc(Br)c(C(F)(F)F)[nH]2)c(Br)c1. The first-order valence-electron chi connectivity index (χ1n) is 5.36. The van der Waals surface area contributed by atoms with Crippen molar-refractivity contribution in [1.29, 1.82) is 0 Å². The molecule has 0 aliphatic rings. The van der Waals surface area contributed by atoms with E-state index in [4.69, 9.17) is 0 Å². The Kier molecular flexibility index (Phi) is 4.49. The number of hydrogen-bond donors (Lipinski definition) is 1. The maximum absolute atomic E-state index is 12.7. The van der Waals surface area contributed by atoms with E-state index in [9.17, 15) is 26.3 Å². The summed E-state index contributed by atoms with van der Waals surface area (Å²) in [5, 5.41) is 0. The maximum atomic E-state index is 12.7. The first-order chi connectivity index (χ1) is 9.97. The zero-order valence-corrected chi connectivity index (χ0v) is 13.3. The van der Waals surface area contributed by atoms with Gasteiger partial charge >= 0.3 is 12.5 Å². The van der Waals surface area contributed by atoms with Crippen LogP contribution in [0.5, 0.6) is 5.75 Å². The van der Waals surface area contributed by atoms with E-state index in [2.05, 4.69) is 46.6 Å². The fourth-order valence-corrected chi connectivity index (χ4v) is 2.60. The number of H-pyrrole nitrogens is 1. The van der Waals surface area contributed by atoms with E-state index in [1.807, 2.05) is 0 Å². The van der Waals surface area contributed by atoms with Crippen molar-refractivity contribution in [1.82, 2.24) is 9.97 Å². The monoisotopic (exact) mass is 452 g/mol. The predicted octanol–water partition coefficient (Wildman–Crippen LogP) is 5.52. The van der Waals surface area contributed by atoms with E-state index >= 15 is 0 Å². The highest BCUT2D eigenvalue weighted by Crippen LogP contribution is 2.37. The second kappa shape index (κ2) is 5.76. The number of nitrogens with one attached hydrogen (secondary N) is 1. The minimum atomic E-state index is -4.86. The van der Waals surface area contributed by atoms with E-state index < -0.39 is 28.6 Å². The quantitative estimate of drug-likeness (QED) is 0.608. The van der Waals surface area contributed by atoms with Crippen LogP contribution in [0.15, 0.2) is 27.3 Å². The van der Waals surface area contributed by atoms with Crippen LogP contribution in [-0.4, -0.2) is 16.3 Å². The molecule has 0 fully saturated rings. The van der Waals surface area contributed by atoms with Crippen LogP contribution in [0, 0.1) is 0 Å². The molecule has 1 aromatic carbocycles. The molecule has 0 saturated carbocycles. The highest BCUT2D eigenvalue weighted by atomic mass is 79.9. The van der Waals surface area contributed by atoms with Crippen molar-refractivity contribution in [2.24, 2.45) is 0 Å². The molecule has 2 aromatic rings. The Balaban J connectivity index is 2.38. The van der Waals surface area contributed by atoms with Crippen LogP contribution in [0.4, 0.5) is 26.3 Å². The summed E-state index contributed by atoms with van der Waals surface area (Å²) in [7, 11) is 0. The standard InChI is InChI=1S/C11H4Br2F6N2O/c12-6-3-4(22-11(17,18)19)1-2-5(6)9-20-7(8(13)21-9)10(14,15)16/h1-3H,(H,20,21). The Morgan fingerprint density at radius 1 is 1.05 bits per heavy atom. The summed E-state index contributed by atoms with van der Waals surface area (Å²) >= 11 is 5.65. The zero-order chi connectivity index (χ0) is 16.7. The van der Waals surface area contributed by atoms with Crippen LogP contribution < -0.4 is 4.74 Å². The number of alkyl halides is 6. The molecule has 0 atom stereocenters. The molecule has 0 unspecified atom stereocenters. The van der Waals surface area contributed by atoms with Crippen LogP contribution in [0.1, 0.15) is 5.69 Å². The number of rotatable bonds is 2. The Morgan fingerprint density at radius 2 is 1.68 bits per heavy atom. The van der Waals surface area contributed by atoms with Crippen molar-refractivity contribution < 1.29 is 31.1 Å². The van der Waals surface area contributed by atoms with Gasteiger partial charge in [0.25, 0.3) is 0 Å². The van der Waals surface area contributed by atoms with Gasteiger partial charge in [0.1, 0.15) is 16.2 Å². The lowest BCUT2D eigenvalue weighted by molar-refractivity contribution is -0.274. The first-order valence-corrected chi connectivity index (χ1v) is 6.94. The van der Waals surface area contributed by atoms with Crippen molar-refractivity contribution in [3.8, 4) is 17.1 Å². The van der Waals surface area contributed by atoms with Crippen molar-refractivity contribution in [2.75, 3.05) is 0 Å². The second-order valence-corrected chi connectivity index (χ2v) is 5.54. The summed E-state index contributed by atoms with van der Waals surface area (Å²) in [5.41, 5.74) is -0.948. The van der Waals surface area contributed by atoms with Gasteiger partial charge in [-0.25, -0.2) is 4.98 Å². The van der Waals surface area contributed by atoms with E-state index in [0.717, 1.165) is 18.2 Å². The van der Waals surface area contributed by atoms with Crippen LogP contribution in [0.25, 0.3) is 11.4 Å². The number of aromatic amines is 1. The Hall–Kier alpha value is -1.23. The Bertz CT molecular complexity index is 695. The van der Waals surface area contributed by atoms with Gasteiger partial charge in [-0.05, 0) is 50.1 Å². The molecule has 0 amide bonds. The lowest BCUT2D eigenvalue weighted by atomic mass is 10.2. The average Bonchev–Trinajstić information content (AvgIpc) is 2.68. The number of hydrogen-bond acceptors (Lipinski definition) is 2. The normalized spacial score (nSPS) is 12.5. The molecule has 11 heteroatoms. The van der Waals surface area contributed by atoms with Crippen LogP contribution >= 0.6 is 31.9 Å². The highest BCUT2D eigenvalue weighted by molar-refractivity contribution is 9.10. The van der Waals surface area contributed by atoms with Gasteiger partial charge < -0.3 is 9.72 Å². The number of imidazole rings is 1. The van der Waals surface area contributed by atoms with Gasteiger partial charge in [-0.2, -0.15) is 13.2 Å². The molecule has 0 spiro atoms. The van der Waals surface area contributed by atoms with Gasteiger partial charge in [-0.1, -0.05) is 0 Å². The van der Waals surface area contributed by atoms with Crippen LogP contribution in [0.3, 0.4) is 0 Å². The van der Waals surface area contributed by atoms with Crippen molar-refractivity contribution >= 4 is 31.9 Å². The van der Waals surface area contributed by atoms with E-state index in [0.29, 0.717) is 0 Å². The first kappa shape index (κ1) is 17.1. The summed E-state index contributed by atoms with van der Waals surface area (Å²) in [5.74, 6) is -0.672. The molecule has 0 saturated heterocycles.